The molecule has 1 saturated heterocycles. The number of alkyl halides is 3. The Hall–Kier alpha value is -1.79. The molecule has 0 saturated carbocycles. The lowest BCUT2D eigenvalue weighted by Crippen LogP contribution is -2.29. The highest BCUT2D eigenvalue weighted by atomic mass is 19.4. The standard InChI is InChI=1S/C16H19F4NO2/c1-2-3-8-23-15(22)21-7-6-11(10-21)13-9-12(16(18,19)20)4-5-14(13)17/h4-5,9,11H,2-3,6-8,10H2,1H3. The second kappa shape index (κ2) is 7.19. The number of ether oxygens (including phenoxy) is 1. The van der Waals surface area contributed by atoms with Gasteiger partial charge in [0.25, 0.3) is 0 Å². The van der Waals surface area contributed by atoms with E-state index in [1.165, 1.54) is 4.90 Å². The van der Waals surface area contributed by atoms with Gasteiger partial charge in [-0.1, -0.05) is 13.3 Å². The van der Waals surface area contributed by atoms with Crippen LogP contribution in [0.15, 0.2) is 18.2 Å². The number of carbonyl (C=O) groups excluding carboxylic acids is 1. The highest BCUT2D eigenvalue weighted by Crippen LogP contribution is 2.35. The van der Waals surface area contributed by atoms with Crippen molar-refractivity contribution in [1.82, 2.24) is 4.90 Å². The number of hydrogen-bond acceptors (Lipinski definition) is 2. The van der Waals surface area contributed by atoms with Gasteiger partial charge in [-0.05, 0) is 36.6 Å². The van der Waals surface area contributed by atoms with Gasteiger partial charge in [0.2, 0.25) is 0 Å². The number of nitrogens with zero attached hydrogens (tertiary/aromatic N) is 1. The first kappa shape index (κ1) is 17.6. The monoisotopic (exact) mass is 333 g/mol. The summed E-state index contributed by atoms with van der Waals surface area (Å²) in [4.78, 5) is 13.3. The van der Waals surface area contributed by atoms with Crippen LogP contribution in [0, 0.1) is 5.82 Å². The van der Waals surface area contributed by atoms with Crippen LogP contribution < -0.4 is 0 Å². The van der Waals surface area contributed by atoms with Crippen LogP contribution >= 0.6 is 0 Å². The van der Waals surface area contributed by atoms with Crippen LogP contribution in [0.4, 0.5) is 22.4 Å². The third-order valence-corrected chi connectivity index (χ3v) is 3.93. The van der Waals surface area contributed by atoms with Crippen LogP contribution in [0.3, 0.4) is 0 Å². The van der Waals surface area contributed by atoms with Crippen molar-refractivity contribution in [2.45, 2.75) is 38.3 Å². The fraction of sp³-hybridized carbons (Fsp3) is 0.562. The molecule has 1 aromatic carbocycles. The average Bonchev–Trinajstić information content (AvgIpc) is 2.96. The number of unbranched alkanes of at least 4 members (excludes halogenated alkanes) is 1. The lowest BCUT2D eigenvalue weighted by atomic mass is 9.96. The van der Waals surface area contributed by atoms with Crippen molar-refractivity contribution in [1.29, 1.82) is 0 Å². The zero-order chi connectivity index (χ0) is 17.0. The van der Waals surface area contributed by atoms with Crippen LogP contribution in [-0.2, 0) is 10.9 Å². The molecule has 0 aromatic heterocycles. The molecule has 1 unspecified atom stereocenters. The second-order valence-electron chi connectivity index (χ2n) is 5.63. The van der Waals surface area contributed by atoms with E-state index in [2.05, 4.69) is 0 Å². The molecule has 1 fully saturated rings. The van der Waals surface area contributed by atoms with Gasteiger partial charge in [0.1, 0.15) is 5.82 Å². The zero-order valence-corrected chi connectivity index (χ0v) is 12.8. The lowest BCUT2D eigenvalue weighted by molar-refractivity contribution is -0.137. The first-order valence-corrected chi connectivity index (χ1v) is 7.61. The SMILES string of the molecule is CCCCOC(=O)N1CCC(c2cc(C(F)(F)F)ccc2F)C1. The van der Waals surface area contributed by atoms with E-state index in [1.807, 2.05) is 6.92 Å². The Kier molecular flexibility index (Phi) is 5.49. The molecule has 1 aliphatic heterocycles. The smallest absolute Gasteiger partial charge is 0.416 e. The molecule has 0 N–H and O–H groups in total. The number of benzene rings is 1. The summed E-state index contributed by atoms with van der Waals surface area (Å²) < 4.78 is 57.2. The van der Waals surface area contributed by atoms with E-state index in [1.54, 1.807) is 0 Å². The molecule has 3 nitrogen and oxygen atoms in total. The normalized spacial score (nSPS) is 18.3. The van der Waals surface area contributed by atoms with E-state index in [4.69, 9.17) is 4.74 Å². The number of likely N-dealkylation sites (tertiary alicyclic amines) is 1. The fourth-order valence-electron chi connectivity index (χ4n) is 2.61. The van der Waals surface area contributed by atoms with Gasteiger partial charge in [-0.2, -0.15) is 13.2 Å². The summed E-state index contributed by atoms with van der Waals surface area (Å²) in [5, 5.41) is 0. The Morgan fingerprint density at radius 1 is 1.39 bits per heavy atom. The molecular formula is C16H19F4NO2. The van der Waals surface area contributed by atoms with E-state index in [-0.39, 0.29) is 12.1 Å². The molecule has 0 bridgehead atoms. The maximum Gasteiger partial charge on any atom is 0.416 e. The molecule has 1 atom stereocenters. The predicted molar refractivity (Wildman–Crippen MR) is 76.6 cm³/mol. The highest BCUT2D eigenvalue weighted by Gasteiger charge is 2.34. The number of amides is 1. The minimum absolute atomic E-state index is 0.00341. The van der Waals surface area contributed by atoms with Crippen molar-refractivity contribution in [3.05, 3.63) is 35.1 Å². The minimum Gasteiger partial charge on any atom is -0.449 e. The van der Waals surface area contributed by atoms with E-state index >= 15 is 0 Å². The Balaban J connectivity index is 2.05. The summed E-state index contributed by atoms with van der Waals surface area (Å²) in [6.45, 7) is 2.80. The summed E-state index contributed by atoms with van der Waals surface area (Å²) in [5.74, 6) is -1.12. The lowest BCUT2D eigenvalue weighted by Gasteiger charge is -2.17. The number of rotatable bonds is 4. The van der Waals surface area contributed by atoms with Gasteiger partial charge in [0, 0.05) is 19.0 Å². The Bertz CT molecular complexity index is 560. The first-order valence-electron chi connectivity index (χ1n) is 7.61. The van der Waals surface area contributed by atoms with Crippen LogP contribution in [-0.4, -0.2) is 30.7 Å². The van der Waals surface area contributed by atoms with Gasteiger partial charge in [0.15, 0.2) is 0 Å². The number of carbonyl (C=O) groups is 1. The molecule has 0 spiro atoms. The molecular weight excluding hydrogens is 314 g/mol. The molecule has 1 aliphatic rings. The Morgan fingerprint density at radius 2 is 2.13 bits per heavy atom. The summed E-state index contributed by atoms with van der Waals surface area (Å²) >= 11 is 0. The van der Waals surface area contributed by atoms with Crippen molar-refractivity contribution < 1.29 is 27.1 Å². The van der Waals surface area contributed by atoms with Crippen molar-refractivity contribution >= 4 is 6.09 Å². The maximum absolute atomic E-state index is 13.9. The van der Waals surface area contributed by atoms with E-state index in [0.29, 0.717) is 19.6 Å². The third-order valence-electron chi connectivity index (χ3n) is 3.93. The quantitative estimate of drug-likeness (QED) is 0.597. The molecule has 1 aromatic rings. The molecule has 7 heteroatoms. The van der Waals surface area contributed by atoms with Crippen LogP contribution in [0.25, 0.3) is 0 Å². The molecule has 0 aliphatic carbocycles. The molecule has 0 radical (unpaired) electrons. The number of hydrogen-bond donors (Lipinski definition) is 0. The molecule has 23 heavy (non-hydrogen) atoms. The molecule has 128 valence electrons. The van der Waals surface area contributed by atoms with E-state index in [0.717, 1.165) is 31.0 Å². The topological polar surface area (TPSA) is 29.5 Å². The summed E-state index contributed by atoms with van der Waals surface area (Å²) in [7, 11) is 0. The minimum atomic E-state index is -4.51. The molecule has 1 heterocycles. The van der Waals surface area contributed by atoms with E-state index in [9.17, 15) is 22.4 Å². The van der Waals surface area contributed by atoms with E-state index < -0.39 is 29.6 Å². The summed E-state index contributed by atoms with van der Waals surface area (Å²) in [5.41, 5.74) is -0.874. The van der Waals surface area contributed by atoms with Crippen LogP contribution in [0.2, 0.25) is 0 Å². The Labute approximate surface area is 132 Å². The van der Waals surface area contributed by atoms with Gasteiger partial charge in [-0.3, -0.25) is 0 Å². The maximum atomic E-state index is 13.9. The third kappa shape index (κ3) is 4.36. The van der Waals surface area contributed by atoms with Gasteiger partial charge in [-0.15, -0.1) is 0 Å². The van der Waals surface area contributed by atoms with Gasteiger partial charge in [0.05, 0.1) is 12.2 Å². The van der Waals surface area contributed by atoms with Gasteiger partial charge in [-0.25, -0.2) is 9.18 Å². The van der Waals surface area contributed by atoms with Crippen molar-refractivity contribution in [2.24, 2.45) is 0 Å². The van der Waals surface area contributed by atoms with Gasteiger partial charge >= 0.3 is 12.3 Å². The molecule has 2 rings (SSSR count). The summed E-state index contributed by atoms with van der Waals surface area (Å²) in [6.07, 6.45) is -2.94. The largest absolute Gasteiger partial charge is 0.449 e. The highest BCUT2D eigenvalue weighted by molar-refractivity contribution is 5.68. The second-order valence-corrected chi connectivity index (χ2v) is 5.63. The van der Waals surface area contributed by atoms with Crippen LogP contribution in [0.1, 0.15) is 43.2 Å². The van der Waals surface area contributed by atoms with Gasteiger partial charge < -0.3 is 9.64 Å². The summed E-state index contributed by atoms with van der Waals surface area (Å²) in [6, 6.07) is 2.40. The number of halogens is 4. The van der Waals surface area contributed by atoms with Crippen molar-refractivity contribution in [3.8, 4) is 0 Å². The van der Waals surface area contributed by atoms with Crippen molar-refractivity contribution in [2.75, 3.05) is 19.7 Å². The predicted octanol–water partition coefficient (Wildman–Crippen LogP) is 4.57. The average molecular weight is 333 g/mol. The first-order chi connectivity index (χ1) is 10.8. The van der Waals surface area contributed by atoms with Crippen molar-refractivity contribution in [3.63, 3.8) is 0 Å². The Morgan fingerprint density at radius 3 is 2.78 bits per heavy atom. The molecule has 1 amide bonds. The zero-order valence-electron chi connectivity index (χ0n) is 12.8. The van der Waals surface area contributed by atoms with Crippen LogP contribution in [0.5, 0.6) is 0 Å². The fourth-order valence-corrected chi connectivity index (χ4v) is 2.61.